The maximum absolute atomic E-state index is 12.7. The standard InChI is InChI=1S/C12H10F4N2S/c1-18(7-8-2-4-9(13)5-3-8)11-17-6-10(19-11)12(14,15)16/h2-6H,7H2,1H3. The van der Waals surface area contributed by atoms with E-state index in [1.165, 1.54) is 12.1 Å². The highest BCUT2D eigenvalue weighted by atomic mass is 32.1. The Morgan fingerprint density at radius 1 is 1.21 bits per heavy atom. The normalized spacial score (nSPS) is 11.6. The van der Waals surface area contributed by atoms with Gasteiger partial charge >= 0.3 is 6.18 Å². The van der Waals surface area contributed by atoms with Crippen molar-refractivity contribution in [3.05, 3.63) is 46.7 Å². The summed E-state index contributed by atoms with van der Waals surface area (Å²) >= 11 is 0.586. The smallest absolute Gasteiger partial charge is 0.347 e. The van der Waals surface area contributed by atoms with E-state index in [1.54, 1.807) is 24.1 Å². The molecule has 0 fully saturated rings. The monoisotopic (exact) mass is 290 g/mol. The lowest BCUT2D eigenvalue weighted by molar-refractivity contribution is -0.134. The molecule has 19 heavy (non-hydrogen) atoms. The van der Waals surface area contributed by atoms with Gasteiger partial charge in [0, 0.05) is 13.6 Å². The van der Waals surface area contributed by atoms with Crippen molar-refractivity contribution in [3.8, 4) is 0 Å². The fraction of sp³-hybridized carbons (Fsp3) is 0.250. The van der Waals surface area contributed by atoms with Gasteiger partial charge in [-0.05, 0) is 17.7 Å². The van der Waals surface area contributed by atoms with Crippen molar-refractivity contribution in [1.29, 1.82) is 0 Å². The number of rotatable bonds is 3. The zero-order chi connectivity index (χ0) is 14.0. The van der Waals surface area contributed by atoms with Crippen LogP contribution in [0.5, 0.6) is 0 Å². The second-order valence-electron chi connectivity index (χ2n) is 3.99. The number of aromatic nitrogens is 1. The first kappa shape index (κ1) is 13.8. The molecule has 102 valence electrons. The lowest BCUT2D eigenvalue weighted by Gasteiger charge is -2.15. The van der Waals surface area contributed by atoms with Crippen molar-refractivity contribution in [2.45, 2.75) is 12.7 Å². The van der Waals surface area contributed by atoms with Crippen LogP contribution in [-0.4, -0.2) is 12.0 Å². The third-order valence-corrected chi connectivity index (χ3v) is 3.59. The van der Waals surface area contributed by atoms with Crippen LogP contribution in [0.1, 0.15) is 10.4 Å². The van der Waals surface area contributed by atoms with Crippen LogP contribution in [0.3, 0.4) is 0 Å². The zero-order valence-corrected chi connectivity index (χ0v) is 10.7. The van der Waals surface area contributed by atoms with E-state index < -0.39 is 11.1 Å². The molecule has 1 aromatic carbocycles. The van der Waals surface area contributed by atoms with E-state index >= 15 is 0 Å². The third kappa shape index (κ3) is 3.44. The van der Waals surface area contributed by atoms with Crippen LogP contribution in [0.2, 0.25) is 0 Å². The maximum Gasteiger partial charge on any atom is 0.427 e. The second-order valence-corrected chi connectivity index (χ2v) is 5.00. The first-order valence-electron chi connectivity index (χ1n) is 5.35. The van der Waals surface area contributed by atoms with Crippen molar-refractivity contribution in [1.82, 2.24) is 4.98 Å². The van der Waals surface area contributed by atoms with Gasteiger partial charge in [-0.1, -0.05) is 23.5 Å². The molecule has 1 aromatic heterocycles. The Kier molecular flexibility index (Phi) is 3.75. The van der Waals surface area contributed by atoms with Gasteiger partial charge in [-0.3, -0.25) is 0 Å². The molecule has 0 N–H and O–H groups in total. The number of anilines is 1. The maximum atomic E-state index is 12.7. The molecule has 0 unspecified atom stereocenters. The van der Waals surface area contributed by atoms with Crippen LogP contribution in [0.4, 0.5) is 22.7 Å². The van der Waals surface area contributed by atoms with Gasteiger partial charge in [0.05, 0.1) is 6.20 Å². The molecule has 0 aliphatic carbocycles. The lowest BCUT2D eigenvalue weighted by Crippen LogP contribution is -2.15. The third-order valence-electron chi connectivity index (χ3n) is 2.43. The van der Waals surface area contributed by atoms with Gasteiger partial charge in [0.2, 0.25) is 0 Å². The molecule has 7 heteroatoms. The summed E-state index contributed by atoms with van der Waals surface area (Å²) in [5.41, 5.74) is 0.799. The summed E-state index contributed by atoms with van der Waals surface area (Å²) in [5, 5.41) is 0.275. The van der Waals surface area contributed by atoms with Crippen molar-refractivity contribution >= 4 is 16.5 Å². The van der Waals surface area contributed by atoms with Crippen LogP contribution in [0, 0.1) is 5.82 Å². The zero-order valence-electron chi connectivity index (χ0n) is 9.91. The number of halogens is 4. The first-order valence-corrected chi connectivity index (χ1v) is 6.16. The van der Waals surface area contributed by atoms with Crippen molar-refractivity contribution in [3.63, 3.8) is 0 Å². The van der Waals surface area contributed by atoms with Crippen LogP contribution in [-0.2, 0) is 12.7 Å². The number of benzene rings is 1. The van der Waals surface area contributed by atoms with Crippen LogP contribution in [0.15, 0.2) is 30.5 Å². The summed E-state index contributed by atoms with van der Waals surface area (Å²) < 4.78 is 50.1. The molecule has 0 radical (unpaired) electrons. The van der Waals surface area contributed by atoms with Crippen LogP contribution < -0.4 is 4.90 Å². The summed E-state index contributed by atoms with van der Waals surface area (Å²) in [6.07, 6.45) is -3.55. The predicted octanol–water partition coefficient (Wildman–Crippen LogP) is 3.94. The van der Waals surface area contributed by atoms with E-state index in [9.17, 15) is 17.6 Å². The number of alkyl halides is 3. The van der Waals surface area contributed by atoms with E-state index in [4.69, 9.17) is 0 Å². The Bertz CT molecular complexity index is 548. The van der Waals surface area contributed by atoms with E-state index in [2.05, 4.69) is 4.98 Å². The Labute approximate surface area is 111 Å². The molecule has 2 nitrogen and oxygen atoms in total. The fourth-order valence-electron chi connectivity index (χ4n) is 1.50. The van der Waals surface area contributed by atoms with Crippen LogP contribution in [0.25, 0.3) is 0 Å². The van der Waals surface area contributed by atoms with Gasteiger partial charge in [-0.15, -0.1) is 0 Å². The average molecular weight is 290 g/mol. The molecule has 0 saturated carbocycles. The van der Waals surface area contributed by atoms with E-state index in [1.807, 2.05) is 0 Å². The van der Waals surface area contributed by atoms with Gasteiger partial charge in [-0.2, -0.15) is 13.2 Å². The van der Waals surface area contributed by atoms with E-state index in [-0.39, 0.29) is 10.9 Å². The molecule has 2 aromatic rings. The Morgan fingerprint density at radius 3 is 2.37 bits per heavy atom. The largest absolute Gasteiger partial charge is 0.427 e. The number of hydrogen-bond acceptors (Lipinski definition) is 3. The number of hydrogen-bond donors (Lipinski definition) is 0. The van der Waals surface area contributed by atoms with Crippen LogP contribution >= 0.6 is 11.3 Å². The SMILES string of the molecule is CN(Cc1ccc(F)cc1)c1ncc(C(F)(F)F)s1. The Balaban J connectivity index is 2.09. The Hall–Kier alpha value is -1.63. The lowest BCUT2D eigenvalue weighted by atomic mass is 10.2. The molecular formula is C12H10F4N2S. The minimum absolute atomic E-state index is 0.275. The summed E-state index contributed by atoms with van der Waals surface area (Å²) in [5.74, 6) is -0.347. The van der Waals surface area contributed by atoms with Gasteiger partial charge < -0.3 is 4.90 Å². The molecule has 0 saturated heterocycles. The summed E-state index contributed by atoms with van der Waals surface area (Å²) in [4.78, 5) is 4.61. The molecule has 0 amide bonds. The highest BCUT2D eigenvalue weighted by Crippen LogP contribution is 2.36. The number of thiazole rings is 1. The molecule has 0 atom stereocenters. The first-order chi connectivity index (χ1) is 8.86. The quantitative estimate of drug-likeness (QED) is 0.796. The molecular weight excluding hydrogens is 280 g/mol. The van der Waals surface area contributed by atoms with Crippen molar-refractivity contribution in [2.24, 2.45) is 0 Å². The summed E-state index contributed by atoms with van der Waals surface area (Å²) in [6.45, 7) is 0.366. The van der Waals surface area contributed by atoms with E-state index in [0.29, 0.717) is 17.9 Å². The molecule has 0 aliphatic rings. The highest BCUT2D eigenvalue weighted by molar-refractivity contribution is 7.15. The summed E-state index contributed by atoms with van der Waals surface area (Å²) in [6, 6.07) is 5.80. The fourth-order valence-corrected chi connectivity index (χ4v) is 2.25. The molecule has 0 bridgehead atoms. The van der Waals surface area contributed by atoms with Gasteiger partial charge in [0.1, 0.15) is 10.7 Å². The van der Waals surface area contributed by atoms with Crippen molar-refractivity contribution in [2.75, 3.05) is 11.9 Å². The van der Waals surface area contributed by atoms with Gasteiger partial charge in [-0.25, -0.2) is 9.37 Å². The van der Waals surface area contributed by atoms with Crippen molar-refractivity contribution < 1.29 is 17.6 Å². The Morgan fingerprint density at radius 2 is 1.84 bits per heavy atom. The highest BCUT2D eigenvalue weighted by Gasteiger charge is 2.33. The topological polar surface area (TPSA) is 16.1 Å². The van der Waals surface area contributed by atoms with Gasteiger partial charge in [0.25, 0.3) is 0 Å². The number of nitrogens with zero attached hydrogens (tertiary/aromatic N) is 2. The molecule has 2 rings (SSSR count). The minimum atomic E-state index is -4.37. The van der Waals surface area contributed by atoms with Gasteiger partial charge in [0.15, 0.2) is 5.13 Å². The molecule has 1 heterocycles. The average Bonchev–Trinajstić information content (AvgIpc) is 2.81. The molecule has 0 aliphatic heterocycles. The second kappa shape index (κ2) is 5.16. The van der Waals surface area contributed by atoms with E-state index in [0.717, 1.165) is 11.8 Å². The molecule has 0 spiro atoms. The minimum Gasteiger partial charge on any atom is -0.347 e. The predicted molar refractivity (Wildman–Crippen MR) is 65.6 cm³/mol. The summed E-state index contributed by atoms with van der Waals surface area (Å²) in [7, 11) is 1.64.